The largest absolute Gasteiger partial charge is 0.396 e. The van der Waals surface area contributed by atoms with E-state index in [2.05, 4.69) is 10.1 Å². The fourth-order valence-electron chi connectivity index (χ4n) is 4.03. The van der Waals surface area contributed by atoms with Crippen molar-refractivity contribution in [3.05, 3.63) is 35.4 Å². The van der Waals surface area contributed by atoms with Crippen molar-refractivity contribution in [1.29, 1.82) is 0 Å². The van der Waals surface area contributed by atoms with Gasteiger partial charge in [0.05, 0.1) is 28.7 Å². The van der Waals surface area contributed by atoms with E-state index in [9.17, 15) is 27.1 Å². The maximum atomic E-state index is 13.6. The number of carbonyl (C=O) groups is 1. The van der Waals surface area contributed by atoms with Gasteiger partial charge < -0.3 is 10.8 Å². The summed E-state index contributed by atoms with van der Waals surface area (Å²) in [7, 11) is -4.33. The van der Waals surface area contributed by atoms with E-state index in [1.807, 2.05) is 20.8 Å². The summed E-state index contributed by atoms with van der Waals surface area (Å²) in [5.74, 6) is -1.04. The summed E-state index contributed by atoms with van der Waals surface area (Å²) < 4.78 is 54.8. The molecule has 12 heteroatoms. The van der Waals surface area contributed by atoms with Crippen LogP contribution >= 0.6 is 0 Å². The zero-order valence-corrected chi connectivity index (χ0v) is 20.0. The molecule has 0 aromatic carbocycles. The number of carbonyl (C=O) groups excluding carboxylic acids is 1. The lowest BCUT2D eigenvalue weighted by atomic mass is 9.63. The van der Waals surface area contributed by atoms with Gasteiger partial charge in [0.2, 0.25) is 5.91 Å². The molecule has 0 saturated heterocycles. The second kappa shape index (κ2) is 8.32. The minimum Gasteiger partial charge on any atom is -0.396 e. The van der Waals surface area contributed by atoms with E-state index in [1.165, 1.54) is 13.1 Å². The third kappa shape index (κ3) is 4.10. The SMILES string of the molecule is Cc1nn(C(F)F)cc1S(=O)(=O)N1C[C@H](CO)Cc2ncc(C(C)(C(N)=O)C(C)(C)C)cc21. The Balaban J connectivity index is 2.22. The lowest BCUT2D eigenvalue weighted by molar-refractivity contribution is -0.126. The van der Waals surface area contributed by atoms with Crippen LogP contribution in [-0.2, 0) is 26.7 Å². The van der Waals surface area contributed by atoms with Crippen molar-refractivity contribution in [2.45, 2.75) is 57.9 Å². The molecular formula is C21H29F2N5O4S. The Hall–Kier alpha value is -2.60. The number of nitrogens with zero attached hydrogens (tertiary/aromatic N) is 4. The zero-order chi connectivity index (χ0) is 24.9. The average molecular weight is 486 g/mol. The van der Waals surface area contributed by atoms with Crippen molar-refractivity contribution in [1.82, 2.24) is 14.8 Å². The molecule has 1 unspecified atom stereocenters. The van der Waals surface area contributed by atoms with E-state index in [4.69, 9.17) is 5.73 Å². The second-order valence-corrected chi connectivity index (χ2v) is 11.4. The Morgan fingerprint density at radius 1 is 1.33 bits per heavy atom. The normalized spacial score (nSPS) is 18.8. The van der Waals surface area contributed by atoms with Crippen LogP contribution in [0.15, 0.2) is 23.4 Å². The molecule has 2 atom stereocenters. The summed E-state index contributed by atoms with van der Waals surface area (Å²) in [5, 5.41) is 13.4. The molecule has 1 amide bonds. The second-order valence-electron chi connectivity index (χ2n) is 9.55. The third-order valence-electron chi connectivity index (χ3n) is 6.59. The van der Waals surface area contributed by atoms with E-state index in [1.54, 1.807) is 13.0 Å². The number of nitrogens with two attached hydrogens (primary N) is 1. The fourth-order valence-corrected chi connectivity index (χ4v) is 5.75. The molecule has 2 aromatic heterocycles. The summed E-state index contributed by atoms with van der Waals surface area (Å²) >= 11 is 0. The van der Waals surface area contributed by atoms with Gasteiger partial charge >= 0.3 is 6.55 Å². The highest BCUT2D eigenvalue weighted by atomic mass is 32.2. The number of pyridine rings is 1. The van der Waals surface area contributed by atoms with Gasteiger partial charge in [0.25, 0.3) is 10.0 Å². The van der Waals surface area contributed by atoms with Crippen LogP contribution in [0.5, 0.6) is 0 Å². The number of aliphatic hydroxyl groups excluding tert-OH is 1. The number of alkyl halides is 2. The molecule has 182 valence electrons. The van der Waals surface area contributed by atoms with Crippen molar-refractivity contribution in [2.24, 2.45) is 17.1 Å². The number of amides is 1. The number of primary amides is 1. The van der Waals surface area contributed by atoms with E-state index < -0.39 is 39.2 Å². The maximum Gasteiger partial charge on any atom is 0.333 e. The number of aromatic nitrogens is 3. The van der Waals surface area contributed by atoms with E-state index in [0.717, 1.165) is 10.5 Å². The molecule has 33 heavy (non-hydrogen) atoms. The van der Waals surface area contributed by atoms with Gasteiger partial charge in [-0.1, -0.05) is 20.8 Å². The molecule has 1 aliphatic rings. The Morgan fingerprint density at radius 3 is 2.45 bits per heavy atom. The number of fused-ring (bicyclic) bond motifs is 1. The lowest BCUT2D eigenvalue weighted by Gasteiger charge is -2.41. The van der Waals surface area contributed by atoms with Gasteiger partial charge in [0.15, 0.2) is 0 Å². The molecule has 3 N–H and O–H groups in total. The van der Waals surface area contributed by atoms with Crippen molar-refractivity contribution >= 4 is 21.6 Å². The van der Waals surface area contributed by atoms with Crippen LogP contribution in [0.25, 0.3) is 0 Å². The average Bonchev–Trinajstić information content (AvgIpc) is 3.13. The molecule has 0 aliphatic carbocycles. The van der Waals surface area contributed by atoms with Crippen LogP contribution in [0, 0.1) is 18.3 Å². The van der Waals surface area contributed by atoms with Crippen molar-refractivity contribution in [2.75, 3.05) is 17.5 Å². The van der Waals surface area contributed by atoms with Gasteiger partial charge in [-0.05, 0) is 37.3 Å². The molecule has 0 radical (unpaired) electrons. The fraction of sp³-hybridized carbons (Fsp3) is 0.571. The van der Waals surface area contributed by atoms with Gasteiger partial charge in [-0.25, -0.2) is 13.1 Å². The minimum atomic E-state index is -4.33. The van der Waals surface area contributed by atoms with Crippen molar-refractivity contribution in [3.63, 3.8) is 0 Å². The highest BCUT2D eigenvalue weighted by molar-refractivity contribution is 7.92. The minimum absolute atomic E-state index is 0.0799. The molecule has 9 nitrogen and oxygen atoms in total. The molecule has 3 heterocycles. The molecule has 2 aromatic rings. The first-order valence-corrected chi connectivity index (χ1v) is 11.9. The summed E-state index contributed by atoms with van der Waals surface area (Å²) in [6.45, 7) is 5.17. The smallest absolute Gasteiger partial charge is 0.333 e. The summed E-state index contributed by atoms with van der Waals surface area (Å²) in [6.07, 6.45) is 2.60. The van der Waals surface area contributed by atoms with Crippen LogP contribution in [0.1, 0.15) is 51.2 Å². The van der Waals surface area contributed by atoms with Crippen LogP contribution in [0.2, 0.25) is 0 Å². The number of aliphatic hydroxyl groups is 1. The molecule has 0 spiro atoms. The van der Waals surface area contributed by atoms with Gasteiger partial charge in [0.1, 0.15) is 4.90 Å². The van der Waals surface area contributed by atoms with Crippen molar-refractivity contribution in [3.8, 4) is 0 Å². The predicted octanol–water partition coefficient (Wildman–Crippen LogP) is 2.13. The van der Waals surface area contributed by atoms with Crippen LogP contribution in [0.4, 0.5) is 14.5 Å². The monoisotopic (exact) mass is 485 g/mol. The number of sulfonamides is 1. The molecular weight excluding hydrogens is 456 g/mol. The molecule has 0 saturated carbocycles. The Bertz CT molecular complexity index is 1180. The summed E-state index contributed by atoms with van der Waals surface area (Å²) in [5.41, 5.74) is 4.95. The third-order valence-corrected chi connectivity index (χ3v) is 8.47. The lowest BCUT2D eigenvalue weighted by Crippen LogP contribution is -2.49. The molecule has 0 bridgehead atoms. The maximum absolute atomic E-state index is 13.6. The first kappa shape index (κ1) is 25.0. The number of hydrogen-bond acceptors (Lipinski definition) is 6. The molecule has 3 rings (SSSR count). The van der Waals surface area contributed by atoms with Crippen LogP contribution < -0.4 is 10.0 Å². The topological polar surface area (TPSA) is 131 Å². The standard InChI is InChI=1S/C21H29F2N5O4S/c1-12-17(10-27(26-12)19(22)23)33(31,32)28-9-13(11-29)6-15-16(28)7-14(8-25-15)21(5,18(24)30)20(2,3)4/h7-8,10,13,19,29H,6,9,11H2,1-5H3,(H2,24,30)/t13-,21?/m1/s1. The van der Waals surface area contributed by atoms with Gasteiger partial charge in [-0.15, -0.1) is 0 Å². The number of hydrogen-bond donors (Lipinski definition) is 2. The summed E-state index contributed by atoms with van der Waals surface area (Å²) in [4.78, 5) is 16.6. The highest BCUT2D eigenvalue weighted by Crippen LogP contribution is 2.44. The van der Waals surface area contributed by atoms with Gasteiger partial charge in [0, 0.05) is 25.3 Å². The first-order chi connectivity index (χ1) is 15.1. The number of aryl methyl sites for hydroxylation is 1. The van der Waals surface area contributed by atoms with Crippen LogP contribution in [-0.4, -0.2) is 47.3 Å². The van der Waals surface area contributed by atoms with Crippen molar-refractivity contribution < 1.29 is 27.1 Å². The van der Waals surface area contributed by atoms with Gasteiger partial charge in [-0.2, -0.15) is 13.9 Å². The Kier molecular flexibility index (Phi) is 6.31. The summed E-state index contributed by atoms with van der Waals surface area (Å²) in [6, 6.07) is 1.57. The predicted molar refractivity (Wildman–Crippen MR) is 117 cm³/mol. The Morgan fingerprint density at radius 2 is 1.97 bits per heavy atom. The van der Waals surface area contributed by atoms with E-state index in [0.29, 0.717) is 17.7 Å². The van der Waals surface area contributed by atoms with E-state index in [-0.39, 0.29) is 34.1 Å². The van der Waals surface area contributed by atoms with E-state index >= 15 is 0 Å². The molecule has 1 aliphatic heterocycles. The van der Waals surface area contributed by atoms with Gasteiger partial charge in [-0.3, -0.25) is 14.1 Å². The quantitative estimate of drug-likeness (QED) is 0.644. The number of halogens is 2. The number of anilines is 1. The highest BCUT2D eigenvalue weighted by Gasteiger charge is 2.46. The number of rotatable bonds is 6. The Labute approximate surface area is 191 Å². The zero-order valence-electron chi connectivity index (χ0n) is 19.2. The molecule has 0 fully saturated rings. The first-order valence-electron chi connectivity index (χ1n) is 10.4. The van der Waals surface area contributed by atoms with Crippen LogP contribution in [0.3, 0.4) is 0 Å².